The van der Waals surface area contributed by atoms with Gasteiger partial charge in [0.1, 0.15) is 6.04 Å². The fourth-order valence-corrected chi connectivity index (χ4v) is 5.85. The van der Waals surface area contributed by atoms with Gasteiger partial charge in [-0.2, -0.15) is 0 Å². The first-order valence-electron chi connectivity index (χ1n) is 12.1. The third-order valence-electron chi connectivity index (χ3n) is 7.88. The molecular formula is C24H28BN5O4. The van der Waals surface area contributed by atoms with Crippen LogP contribution in [0.2, 0.25) is 12.6 Å². The number of piperidine rings is 2. The number of hydrogen-bond donors (Lipinski definition) is 2. The van der Waals surface area contributed by atoms with Gasteiger partial charge >= 0.3 is 0 Å². The fraction of sp³-hybridized carbons (Fsp3) is 0.542. The summed E-state index contributed by atoms with van der Waals surface area (Å²) in [6.45, 7) is 4.18. The molecule has 1 spiro atoms. The minimum absolute atomic E-state index is 0.106. The van der Waals surface area contributed by atoms with Gasteiger partial charge in [-0.15, -0.1) is 0 Å². The van der Waals surface area contributed by atoms with Crippen molar-refractivity contribution in [3.05, 3.63) is 29.3 Å². The lowest BCUT2D eigenvalue weighted by Crippen LogP contribution is -2.54. The van der Waals surface area contributed by atoms with Crippen LogP contribution in [-0.2, 0) is 9.59 Å². The molecule has 0 aromatic heterocycles. The Balaban J connectivity index is 1.11. The summed E-state index contributed by atoms with van der Waals surface area (Å²) in [4.78, 5) is 52.8. The lowest BCUT2D eigenvalue weighted by Gasteiger charge is -2.49. The number of hydrogen-bond acceptors (Lipinski definition) is 7. The summed E-state index contributed by atoms with van der Waals surface area (Å²) >= 11 is 0. The number of likely N-dealkylation sites (tertiary alicyclic amines) is 1. The van der Waals surface area contributed by atoms with Crippen LogP contribution in [0.1, 0.15) is 52.8 Å². The van der Waals surface area contributed by atoms with Crippen LogP contribution in [0.5, 0.6) is 0 Å². The zero-order chi connectivity index (χ0) is 23.9. The Labute approximate surface area is 198 Å². The van der Waals surface area contributed by atoms with E-state index in [9.17, 15) is 19.2 Å². The third-order valence-corrected chi connectivity index (χ3v) is 7.88. The number of nitriles is 1. The molecule has 10 heteroatoms. The molecule has 4 aliphatic rings. The molecule has 3 saturated heterocycles. The number of nitrogens with one attached hydrogen (secondary N) is 2. The molecule has 5 rings (SSSR count). The Kier molecular flexibility index (Phi) is 5.90. The molecule has 4 aliphatic heterocycles. The molecule has 9 nitrogen and oxygen atoms in total. The van der Waals surface area contributed by atoms with E-state index in [4.69, 9.17) is 5.26 Å². The lowest BCUT2D eigenvalue weighted by atomic mass is 9.26. The highest BCUT2D eigenvalue weighted by atomic mass is 16.2. The maximum absolute atomic E-state index is 12.9. The van der Waals surface area contributed by atoms with Crippen LogP contribution in [0.4, 0.5) is 5.69 Å². The number of carbonyl (C=O) groups excluding carboxylic acids is 4. The average molecular weight is 461 g/mol. The number of amides is 4. The Morgan fingerprint density at radius 2 is 1.85 bits per heavy atom. The summed E-state index contributed by atoms with van der Waals surface area (Å²) in [7, 11) is 0. The normalized spacial score (nSPS) is 24.0. The van der Waals surface area contributed by atoms with E-state index in [1.54, 1.807) is 18.2 Å². The SMILES string of the molecule is N#CB1CC2(CCN(CCCNc3ccc4c(c3)C(=O)N(C3CCC(=O)NC3=O)C4=O)CC2)C1. The van der Waals surface area contributed by atoms with Crippen LogP contribution in [0, 0.1) is 16.6 Å². The predicted octanol–water partition coefficient (Wildman–Crippen LogP) is 1.54. The molecule has 176 valence electrons. The topological polar surface area (TPSA) is 123 Å². The van der Waals surface area contributed by atoms with E-state index >= 15 is 0 Å². The zero-order valence-electron chi connectivity index (χ0n) is 19.1. The van der Waals surface area contributed by atoms with Crippen molar-refractivity contribution in [2.24, 2.45) is 5.41 Å². The first-order chi connectivity index (χ1) is 16.4. The van der Waals surface area contributed by atoms with Gasteiger partial charge in [0.15, 0.2) is 0 Å². The minimum Gasteiger partial charge on any atom is -0.385 e. The fourth-order valence-electron chi connectivity index (χ4n) is 5.85. The molecule has 1 atom stereocenters. The Bertz CT molecular complexity index is 1080. The van der Waals surface area contributed by atoms with Gasteiger partial charge in [-0.3, -0.25) is 29.4 Å². The number of benzene rings is 1. The quantitative estimate of drug-likeness (QED) is 0.374. The van der Waals surface area contributed by atoms with E-state index in [1.165, 1.54) is 12.8 Å². The molecule has 1 aromatic carbocycles. The van der Waals surface area contributed by atoms with E-state index in [2.05, 4.69) is 21.5 Å². The molecule has 1 aromatic rings. The maximum atomic E-state index is 12.9. The van der Waals surface area contributed by atoms with Crippen molar-refractivity contribution in [3.8, 4) is 5.97 Å². The van der Waals surface area contributed by atoms with Crippen LogP contribution in [0.25, 0.3) is 0 Å². The van der Waals surface area contributed by atoms with Gasteiger partial charge in [0.25, 0.3) is 18.5 Å². The van der Waals surface area contributed by atoms with Crippen molar-refractivity contribution < 1.29 is 19.2 Å². The van der Waals surface area contributed by atoms with E-state index < -0.39 is 23.8 Å². The minimum atomic E-state index is -0.948. The maximum Gasteiger partial charge on any atom is 0.268 e. The van der Waals surface area contributed by atoms with E-state index in [1.807, 2.05) is 0 Å². The van der Waals surface area contributed by atoms with E-state index in [-0.39, 0.29) is 36.6 Å². The first-order valence-corrected chi connectivity index (χ1v) is 12.1. The average Bonchev–Trinajstić information content (AvgIpc) is 3.05. The number of carbonyl (C=O) groups is 4. The van der Waals surface area contributed by atoms with E-state index in [0.29, 0.717) is 5.41 Å². The Hall–Kier alpha value is -3.19. The van der Waals surface area contributed by atoms with Gasteiger partial charge in [-0.1, -0.05) is 12.6 Å². The molecule has 0 bridgehead atoms. The highest BCUT2D eigenvalue weighted by Crippen LogP contribution is 2.49. The second kappa shape index (κ2) is 8.87. The van der Waals surface area contributed by atoms with Gasteiger partial charge in [-0.05, 0) is 68.9 Å². The third kappa shape index (κ3) is 4.09. The van der Waals surface area contributed by atoms with Crippen molar-refractivity contribution in [2.45, 2.75) is 50.8 Å². The van der Waals surface area contributed by atoms with Gasteiger partial charge < -0.3 is 10.2 Å². The van der Waals surface area contributed by atoms with Crippen LogP contribution < -0.4 is 10.6 Å². The lowest BCUT2D eigenvalue weighted by molar-refractivity contribution is -0.136. The smallest absolute Gasteiger partial charge is 0.268 e. The van der Waals surface area contributed by atoms with Crippen molar-refractivity contribution >= 4 is 36.0 Å². The molecule has 4 amide bonds. The van der Waals surface area contributed by atoms with Crippen molar-refractivity contribution in [1.82, 2.24) is 15.1 Å². The molecular weight excluding hydrogens is 433 g/mol. The summed E-state index contributed by atoms with van der Waals surface area (Å²) in [5, 5.41) is 14.6. The Morgan fingerprint density at radius 1 is 1.12 bits per heavy atom. The molecule has 34 heavy (non-hydrogen) atoms. The molecule has 0 saturated carbocycles. The van der Waals surface area contributed by atoms with Gasteiger partial charge in [0, 0.05) is 24.6 Å². The van der Waals surface area contributed by atoms with Crippen molar-refractivity contribution in [3.63, 3.8) is 0 Å². The number of imide groups is 2. The summed E-state index contributed by atoms with van der Waals surface area (Å²) in [6.07, 6.45) is 5.72. The van der Waals surface area contributed by atoms with Gasteiger partial charge in [0.2, 0.25) is 11.8 Å². The summed E-state index contributed by atoms with van der Waals surface area (Å²) < 4.78 is 0. The highest BCUT2D eigenvalue weighted by Gasteiger charge is 2.48. The molecule has 2 N–H and O–H groups in total. The zero-order valence-corrected chi connectivity index (χ0v) is 19.1. The summed E-state index contributed by atoms with van der Waals surface area (Å²) in [6, 6.07) is 4.14. The van der Waals surface area contributed by atoms with Crippen LogP contribution in [-0.4, -0.2) is 72.4 Å². The van der Waals surface area contributed by atoms with Crippen LogP contribution in [0.15, 0.2) is 18.2 Å². The second-order valence-electron chi connectivity index (χ2n) is 10.1. The second-order valence-corrected chi connectivity index (χ2v) is 10.1. The van der Waals surface area contributed by atoms with Crippen LogP contribution >= 0.6 is 0 Å². The molecule has 3 fully saturated rings. The van der Waals surface area contributed by atoms with Crippen molar-refractivity contribution in [1.29, 1.82) is 5.26 Å². The Morgan fingerprint density at radius 3 is 2.56 bits per heavy atom. The molecule has 0 radical (unpaired) electrons. The number of fused-ring (bicyclic) bond motifs is 1. The molecule has 1 unspecified atom stereocenters. The first kappa shape index (κ1) is 22.6. The largest absolute Gasteiger partial charge is 0.385 e. The standard InChI is InChI=1S/C24H28BN5O4/c26-15-25-13-24(14-25)6-10-29(11-7-24)9-1-8-27-16-2-3-17-18(12-16)23(34)30(22(17)33)19-4-5-20(31)28-21(19)32/h2-3,12,19,27H,1,4-11,13-14H2,(H,28,31,32). The number of nitrogens with zero attached hydrogens (tertiary/aromatic N) is 3. The highest BCUT2D eigenvalue weighted by molar-refractivity contribution is 6.70. The number of anilines is 1. The number of rotatable bonds is 6. The monoisotopic (exact) mass is 461 g/mol. The summed E-state index contributed by atoms with van der Waals surface area (Å²) in [5.41, 5.74) is 1.76. The van der Waals surface area contributed by atoms with Crippen molar-refractivity contribution in [2.75, 3.05) is 31.5 Å². The van der Waals surface area contributed by atoms with Gasteiger partial charge in [-0.25, -0.2) is 5.26 Å². The predicted molar refractivity (Wildman–Crippen MR) is 125 cm³/mol. The molecule has 4 heterocycles. The molecule has 0 aliphatic carbocycles. The van der Waals surface area contributed by atoms with Gasteiger partial charge in [0.05, 0.1) is 11.1 Å². The van der Waals surface area contributed by atoms with E-state index in [0.717, 1.165) is 55.8 Å². The van der Waals surface area contributed by atoms with Crippen LogP contribution in [0.3, 0.4) is 0 Å². The summed E-state index contributed by atoms with van der Waals surface area (Å²) in [5.74, 6) is 0.423.